The van der Waals surface area contributed by atoms with Gasteiger partial charge in [0.25, 0.3) is 5.91 Å². The highest BCUT2D eigenvalue weighted by molar-refractivity contribution is 8.18. The van der Waals surface area contributed by atoms with Gasteiger partial charge < -0.3 is 14.9 Å². The first kappa shape index (κ1) is 29.5. The number of aliphatic imine (C=N–C) groups is 1. The molecule has 2 aromatic rings. The Morgan fingerprint density at radius 1 is 1.10 bits per heavy atom. The molecule has 0 unspecified atom stereocenters. The van der Waals surface area contributed by atoms with E-state index < -0.39 is 5.54 Å². The third kappa shape index (κ3) is 5.32. The molecule has 3 aliphatic heterocycles. The molecule has 3 heterocycles. The Labute approximate surface area is 252 Å². The average molecular weight is 602 g/mol. The maximum atomic E-state index is 14.2. The number of benzene rings is 2. The molecule has 40 heavy (non-hydrogen) atoms. The Bertz CT molecular complexity index is 1310. The van der Waals surface area contributed by atoms with Crippen LogP contribution < -0.4 is 0 Å². The van der Waals surface area contributed by atoms with E-state index in [1.807, 2.05) is 55.1 Å². The molecule has 1 N–H and O–H groups in total. The van der Waals surface area contributed by atoms with Crippen LogP contribution in [-0.4, -0.2) is 69.2 Å². The van der Waals surface area contributed by atoms with Gasteiger partial charge in [-0.1, -0.05) is 68.2 Å². The summed E-state index contributed by atoms with van der Waals surface area (Å²) in [6, 6.07) is 15.9. The number of rotatable bonds is 9. The van der Waals surface area contributed by atoms with Crippen molar-refractivity contribution in [1.29, 1.82) is 0 Å². The number of aliphatic hydroxyl groups is 1. The number of likely N-dealkylation sites (N-methyl/N-ethyl adjacent to an activating group) is 1. The molecule has 9 heteroatoms. The molecule has 6 nitrogen and oxygen atoms in total. The predicted molar refractivity (Wildman–Crippen MR) is 166 cm³/mol. The Morgan fingerprint density at radius 2 is 1.70 bits per heavy atom. The van der Waals surface area contributed by atoms with E-state index in [2.05, 4.69) is 42.7 Å². The molecule has 3 aliphatic rings. The molecule has 0 saturated carbocycles. The summed E-state index contributed by atoms with van der Waals surface area (Å²) in [4.78, 5) is 26.8. The van der Waals surface area contributed by atoms with Crippen molar-refractivity contribution in [2.75, 3.05) is 26.2 Å². The Kier molecular flexibility index (Phi) is 8.61. The molecular weight excluding hydrogens is 563 g/mol. The Hall–Kier alpha value is -2.03. The van der Waals surface area contributed by atoms with Crippen molar-refractivity contribution in [3.8, 4) is 0 Å². The van der Waals surface area contributed by atoms with E-state index in [4.69, 9.17) is 28.2 Å². The molecule has 0 aromatic heterocycles. The van der Waals surface area contributed by atoms with Crippen LogP contribution in [0, 0.1) is 5.92 Å². The summed E-state index contributed by atoms with van der Waals surface area (Å²) in [7, 11) is 0. The van der Waals surface area contributed by atoms with Crippen LogP contribution >= 0.6 is 35.0 Å². The minimum Gasteiger partial charge on any atom is -0.392 e. The van der Waals surface area contributed by atoms with Gasteiger partial charge in [-0.2, -0.15) is 0 Å². The van der Waals surface area contributed by atoms with Crippen molar-refractivity contribution >= 4 is 46.0 Å². The summed E-state index contributed by atoms with van der Waals surface area (Å²) in [6.45, 7) is 13.4. The number of aliphatic hydroxyl groups excluding tert-OH is 1. The van der Waals surface area contributed by atoms with Crippen LogP contribution in [0.1, 0.15) is 58.2 Å². The maximum absolute atomic E-state index is 14.2. The van der Waals surface area contributed by atoms with E-state index in [-0.39, 0.29) is 30.0 Å². The van der Waals surface area contributed by atoms with Crippen molar-refractivity contribution in [2.24, 2.45) is 10.9 Å². The summed E-state index contributed by atoms with van der Waals surface area (Å²) in [5, 5.41) is 12.3. The number of fused-ring (bicyclic) bond motifs is 1. The number of amidine groups is 1. The SMILES string of the molecule is CC[C@@H](O)CN1CC(N(CC)C(=O)C2=C(C(C)C)N3C(=N[C@@](C)(c4ccc(Cl)cc4)[C@H]3c3ccc(Cl)cc3)S2)C1. The first-order chi connectivity index (χ1) is 19.1. The Balaban J connectivity index is 1.51. The lowest BCUT2D eigenvalue weighted by atomic mass is 9.81. The van der Waals surface area contributed by atoms with Gasteiger partial charge in [0.05, 0.1) is 18.2 Å². The fourth-order valence-electron chi connectivity index (χ4n) is 6.08. The molecule has 0 bridgehead atoms. The maximum Gasteiger partial charge on any atom is 0.262 e. The number of likely N-dealkylation sites (tertiary alicyclic amines) is 1. The van der Waals surface area contributed by atoms with E-state index in [0.29, 0.717) is 23.1 Å². The number of β-amino-alcohol motifs (C(OH)–C–C–N with tert-alkyl or cyclic N) is 1. The fraction of sp³-hybridized carbons (Fsp3) is 0.484. The summed E-state index contributed by atoms with van der Waals surface area (Å²) < 4.78 is 0. The van der Waals surface area contributed by atoms with Crippen LogP contribution in [0.5, 0.6) is 0 Å². The van der Waals surface area contributed by atoms with Crippen molar-refractivity contribution in [1.82, 2.24) is 14.7 Å². The van der Waals surface area contributed by atoms with Crippen LogP contribution in [0.25, 0.3) is 0 Å². The molecule has 1 fully saturated rings. The van der Waals surface area contributed by atoms with Crippen LogP contribution in [-0.2, 0) is 10.3 Å². The highest BCUT2D eigenvalue weighted by atomic mass is 35.5. The van der Waals surface area contributed by atoms with Crippen LogP contribution in [0.3, 0.4) is 0 Å². The van der Waals surface area contributed by atoms with Gasteiger partial charge in [-0.25, -0.2) is 4.99 Å². The highest BCUT2D eigenvalue weighted by Gasteiger charge is 2.53. The van der Waals surface area contributed by atoms with E-state index in [1.165, 1.54) is 11.8 Å². The third-order valence-electron chi connectivity index (χ3n) is 8.29. The summed E-state index contributed by atoms with van der Waals surface area (Å²) in [5.41, 5.74) is 2.58. The molecule has 5 rings (SSSR count). The van der Waals surface area contributed by atoms with Gasteiger partial charge in [-0.3, -0.25) is 9.69 Å². The van der Waals surface area contributed by atoms with Gasteiger partial charge in [-0.05, 0) is 73.3 Å². The average Bonchev–Trinajstić information content (AvgIpc) is 3.40. The van der Waals surface area contributed by atoms with Gasteiger partial charge in [0.1, 0.15) is 10.4 Å². The lowest BCUT2D eigenvalue weighted by Gasteiger charge is -2.46. The standard InChI is InChI=1S/C31H38Cl2N4O2S/c1-6-25(38)18-35-16-24(17-35)36(7-2)29(39)27-26(19(3)4)37-28(20-8-12-22(32)13-9-20)31(5,34-30(37)40-27)21-10-14-23(33)15-11-21/h8-15,19,24-25,28,38H,6-7,16-18H2,1-5H3/t25-,28-,31+/m1/s1. The monoisotopic (exact) mass is 600 g/mol. The molecule has 2 aromatic carbocycles. The zero-order valence-corrected chi connectivity index (χ0v) is 26.1. The predicted octanol–water partition coefficient (Wildman–Crippen LogP) is 6.54. The number of halogens is 2. The highest BCUT2D eigenvalue weighted by Crippen LogP contribution is 2.56. The lowest BCUT2D eigenvalue weighted by Crippen LogP contribution is -2.62. The van der Waals surface area contributed by atoms with Gasteiger partial charge in [0, 0.05) is 41.9 Å². The summed E-state index contributed by atoms with van der Waals surface area (Å²) >= 11 is 14.0. The van der Waals surface area contributed by atoms with Gasteiger partial charge in [-0.15, -0.1) is 0 Å². The molecule has 0 spiro atoms. The quantitative estimate of drug-likeness (QED) is 0.354. The number of nitrogens with zero attached hydrogens (tertiary/aromatic N) is 4. The van der Waals surface area contributed by atoms with Crippen molar-refractivity contribution in [3.05, 3.63) is 80.3 Å². The van der Waals surface area contributed by atoms with Crippen molar-refractivity contribution < 1.29 is 9.90 Å². The largest absolute Gasteiger partial charge is 0.392 e. The molecule has 214 valence electrons. The summed E-state index contributed by atoms with van der Waals surface area (Å²) in [5.74, 6) is 0.176. The number of amides is 1. The molecule has 1 amide bonds. The van der Waals surface area contributed by atoms with Crippen LogP contribution in [0.15, 0.2) is 64.1 Å². The summed E-state index contributed by atoms with van der Waals surface area (Å²) in [6.07, 6.45) is 0.415. The normalized spacial score (nSPS) is 23.9. The molecule has 1 saturated heterocycles. The van der Waals surface area contributed by atoms with E-state index in [0.717, 1.165) is 46.4 Å². The fourth-order valence-corrected chi connectivity index (χ4v) is 7.69. The second-order valence-electron chi connectivity index (χ2n) is 11.4. The zero-order valence-electron chi connectivity index (χ0n) is 23.8. The van der Waals surface area contributed by atoms with E-state index >= 15 is 0 Å². The minimum atomic E-state index is -0.589. The second-order valence-corrected chi connectivity index (χ2v) is 13.2. The Morgan fingerprint density at radius 3 is 2.25 bits per heavy atom. The number of hydrogen-bond donors (Lipinski definition) is 1. The minimum absolute atomic E-state index is 0.0667. The van der Waals surface area contributed by atoms with Gasteiger partial charge in [0.2, 0.25) is 0 Å². The first-order valence-electron chi connectivity index (χ1n) is 14.1. The number of carbonyl (C=O) groups is 1. The van der Waals surface area contributed by atoms with E-state index in [1.54, 1.807) is 0 Å². The number of thioether (sulfide) groups is 1. The zero-order chi connectivity index (χ0) is 28.8. The smallest absolute Gasteiger partial charge is 0.262 e. The second kappa shape index (κ2) is 11.7. The van der Waals surface area contributed by atoms with Crippen molar-refractivity contribution in [3.63, 3.8) is 0 Å². The topological polar surface area (TPSA) is 59.4 Å². The molecule has 0 radical (unpaired) electrons. The lowest BCUT2D eigenvalue weighted by molar-refractivity contribution is -0.132. The number of carbonyl (C=O) groups excluding carboxylic acids is 1. The van der Waals surface area contributed by atoms with Crippen LogP contribution in [0.2, 0.25) is 10.0 Å². The third-order valence-corrected chi connectivity index (χ3v) is 9.85. The molecule has 0 aliphatic carbocycles. The van der Waals surface area contributed by atoms with E-state index in [9.17, 15) is 9.90 Å². The molecular formula is C31H38Cl2N4O2S. The first-order valence-corrected chi connectivity index (χ1v) is 15.7. The van der Waals surface area contributed by atoms with Crippen LogP contribution in [0.4, 0.5) is 0 Å². The molecule has 3 atom stereocenters. The van der Waals surface area contributed by atoms with Crippen molar-refractivity contribution in [2.45, 2.75) is 64.8 Å². The van der Waals surface area contributed by atoms with Gasteiger partial charge in [0.15, 0.2) is 5.17 Å². The van der Waals surface area contributed by atoms with Gasteiger partial charge >= 0.3 is 0 Å². The number of allylic oxidation sites excluding steroid dienone is 1. The number of hydrogen-bond acceptors (Lipinski definition) is 6.